The van der Waals surface area contributed by atoms with Gasteiger partial charge in [-0.1, -0.05) is 65.7 Å². The lowest BCUT2D eigenvalue weighted by atomic mass is 10.0. The summed E-state index contributed by atoms with van der Waals surface area (Å²) < 4.78 is 0. The van der Waals surface area contributed by atoms with Crippen molar-refractivity contribution < 1.29 is 4.79 Å². The molecule has 0 aromatic rings. The highest BCUT2D eigenvalue weighted by Crippen LogP contribution is 2.18. The van der Waals surface area contributed by atoms with Crippen LogP contribution in [0.1, 0.15) is 79.1 Å². The minimum absolute atomic E-state index is 0.0269. The maximum absolute atomic E-state index is 12.3. The first kappa shape index (κ1) is 17.5. The number of nitrogens with one attached hydrogen (secondary N) is 1. The van der Waals surface area contributed by atoms with Gasteiger partial charge in [-0.15, -0.1) is 0 Å². The van der Waals surface area contributed by atoms with Gasteiger partial charge in [-0.3, -0.25) is 10.1 Å². The Labute approximate surface area is 125 Å². The second-order valence-corrected chi connectivity index (χ2v) is 6.57. The molecule has 0 radical (unpaired) electrons. The Hall–Kier alpha value is -0.570. The van der Waals surface area contributed by atoms with E-state index in [1.807, 2.05) is 4.90 Å². The smallest absolute Gasteiger partial charge is 0.241 e. The molecule has 1 aliphatic rings. The predicted octanol–water partition coefficient (Wildman–Crippen LogP) is 3.93. The molecule has 0 saturated carbocycles. The lowest BCUT2D eigenvalue weighted by Gasteiger charge is -2.20. The number of carbonyl (C=O) groups excluding carboxylic acids is 1. The number of unbranched alkanes of at least 4 members (excludes halogenated alkanes) is 7. The van der Waals surface area contributed by atoms with Crippen LogP contribution in [0.3, 0.4) is 0 Å². The molecule has 3 heteroatoms. The summed E-state index contributed by atoms with van der Waals surface area (Å²) in [4.78, 5) is 14.3. The van der Waals surface area contributed by atoms with Gasteiger partial charge in [0, 0.05) is 6.54 Å². The quantitative estimate of drug-likeness (QED) is 0.616. The normalized spacial score (nSPS) is 23.1. The van der Waals surface area contributed by atoms with Crippen molar-refractivity contribution in [2.24, 2.45) is 5.92 Å². The van der Waals surface area contributed by atoms with E-state index in [1.54, 1.807) is 0 Å². The molecule has 0 aliphatic carbocycles. The fourth-order valence-electron chi connectivity index (χ4n) is 2.99. The number of carbonyl (C=O) groups is 1. The molecular weight excluding hydrogens is 248 g/mol. The molecule has 1 amide bonds. The van der Waals surface area contributed by atoms with E-state index in [4.69, 9.17) is 0 Å². The van der Waals surface area contributed by atoms with E-state index >= 15 is 0 Å². The Morgan fingerprint density at radius 2 is 1.60 bits per heavy atom. The van der Waals surface area contributed by atoms with Gasteiger partial charge in [0.1, 0.15) is 0 Å². The standard InChI is InChI=1S/C17H34N2O/c1-5-6-7-8-9-10-11-12-13-19-15(4)18-16(14(2)3)17(19)20/h14-16,18H,5-13H2,1-4H3. The second-order valence-electron chi connectivity index (χ2n) is 6.57. The third kappa shape index (κ3) is 5.43. The lowest BCUT2D eigenvalue weighted by Crippen LogP contribution is -2.35. The minimum Gasteiger partial charge on any atom is -0.326 e. The Balaban J connectivity index is 2.11. The van der Waals surface area contributed by atoms with E-state index in [0.717, 1.165) is 13.0 Å². The van der Waals surface area contributed by atoms with Gasteiger partial charge in [-0.05, 0) is 19.3 Å². The number of hydrogen-bond acceptors (Lipinski definition) is 2. The fourth-order valence-corrected chi connectivity index (χ4v) is 2.99. The molecule has 3 nitrogen and oxygen atoms in total. The summed E-state index contributed by atoms with van der Waals surface area (Å²) in [6.07, 6.45) is 10.8. The van der Waals surface area contributed by atoms with Crippen molar-refractivity contribution in [3.8, 4) is 0 Å². The van der Waals surface area contributed by atoms with Gasteiger partial charge in [0.2, 0.25) is 5.91 Å². The summed E-state index contributed by atoms with van der Waals surface area (Å²) in [5.41, 5.74) is 0. The number of amides is 1. The van der Waals surface area contributed by atoms with Crippen LogP contribution in [-0.2, 0) is 4.79 Å². The summed E-state index contributed by atoms with van der Waals surface area (Å²) in [6, 6.07) is 0.0269. The van der Waals surface area contributed by atoms with Gasteiger partial charge in [-0.2, -0.15) is 0 Å². The van der Waals surface area contributed by atoms with Crippen LogP contribution < -0.4 is 5.32 Å². The van der Waals surface area contributed by atoms with Crippen molar-refractivity contribution >= 4 is 5.91 Å². The zero-order chi connectivity index (χ0) is 15.0. The van der Waals surface area contributed by atoms with Crippen LogP contribution in [0.15, 0.2) is 0 Å². The molecule has 2 atom stereocenters. The Morgan fingerprint density at radius 3 is 2.10 bits per heavy atom. The highest BCUT2D eigenvalue weighted by Gasteiger charge is 2.37. The van der Waals surface area contributed by atoms with Crippen molar-refractivity contribution in [2.45, 2.75) is 91.3 Å². The van der Waals surface area contributed by atoms with Crippen LogP contribution >= 0.6 is 0 Å². The zero-order valence-corrected chi connectivity index (χ0v) is 14.0. The number of nitrogens with zero attached hydrogens (tertiary/aromatic N) is 1. The highest BCUT2D eigenvalue weighted by atomic mass is 16.2. The summed E-state index contributed by atoms with van der Waals surface area (Å²) >= 11 is 0. The van der Waals surface area contributed by atoms with E-state index in [2.05, 4.69) is 33.0 Å². The fraction of sp³-hybridized carbons (Fsp3) is 0.941. The van der Waals surface area contributed by atoms with Gasteiger partial charge in [0.25, 0.3) is 0 Å². The van der Waals surface area contributed by atoms with E-state index in [9.17, 15) is 4.79 Å². The van der Waals surface area contributed by atoms with Gasteiger partial charge >= 0.3 is 0 Å². The summed E-state index contributed by atoms with van der Waals surface area (Å²) in [7, 11) is 0. The molecule has 1 rings (SSSR count). The van der Waals surface area contributed by atoms with Gasteiger partial charge in [-0.25, -0.2) is 0 Å². The van der Waals surface area contributed by atoms with Gasteiger partial charge < -0.3 is 4.90 Å². The second kappa shape index (κ2) is 9.38. The summed E-state index contributed by atoms with van der Waals surface area (Å²) in [5.74, 6) is 0.684. The molecule has 1 saturated heterocycles. The molecule has 1 fully saturated rings. The Morgan fingerprint density at radius 1 is 1.05 bits per heavy atom. The summed E-state index contributed by atoms with van der Waals surface area (Å²) in [6.45, 7) is 9.51. The molecular formula is C17H34N2O. The van der Waals surface area contributed by atoms with Crippen LogP contribution in [0.5, 0.6) is 0 Å². The molecule has 118 valence electrons. The molecule has 0 aromatic carbocycles. The molecule has 1 aliphatic heterocycles. The van der Waals surface area contributed by atoms with Gasteiger partial charge in [0.15, 0.2) is 0 Å². The SMILES string of the molecule is CCCCCCCCCCN1C(=O)C(C(C)C)NC1C. The van der Waals surface area contributed by atoms with E-state index in [-0.39, 0.29) is 12.2 Å². The van der Waals surface area contributed by atoms with Crippen molar-refractivity contribution in [1.29, 1.82) is 0 Å². The molecule has 2 unspecified atom stereocenters. The van der Waals surface area contributed by atoms with Crippen molar-refractivity contribution in [3.63, 3.8) is 0 Å². The first-order chi connectivity index (χ1) is 9.57. The average molecular weight is 282 g/mol. The summed E-state index contributed by atoms with van der Waals surface area (Å²) in [5, 5.41) is 3.40. The van der Waals surface area contributed by atoms with Crippen LogP contribution in [-0.4, -0.2) is 29.6 Å². The lowest BCUT2D eigenvalue weighted by molar-refractivity contribution is -0.130. The molecule has 0 bridgehead atoms. The van der Waals surface area contributed by atoms with Crippen molar-refractivity contribution in [3.05, 3.63) is 0 Å². The number of rotatable bonds is 10. The zero-order valence-electron chi connectivity index (χ0n) is 14.0. The molecule has 0 spiro atoms. The monoisotopic (exact) mass is 282 g/mol. The third-order valence-corrected chi connectivity index (χ3v) is 4.36. The van der Waals surface area contributed by atoms with Crippen LogP contribution in [0.4, 0.5) is 0 Å². The number of hydrogen-bond donors (Lipinski definition) is 1. The van der Waals surface area contributed by atoms with E-state index < -0.39 is 0 Å². The minimum atomic E-state index is 0.0269. The first-order valence-electron chi connectivity index (χ1n) is 8.64. The average Bonchev–Trinajstić information content (AvgIpc) is 2.69. The van der Waals surface area contributed by atoms with Crippen LogP contribution in [0.2, 0.25) is 0 Å². The first-order valence-corrected chi connectivity index (χ1v) is 8.64. The van der Waals surface area contributed by atoms with Crippen molar-refractivity contribution in [2.75, 3.05) is 6.54 Å². The molecule has 1 N–H and O–H groups in total. The van der Waals surface area contributed by atoms with E-state index in [1.165, 1.54) is 44.9 Å². The van der Waals surface area contributed by atoms with Crippen molar-refractivity contribution in [1.82, 2.24) is 10.2 Å². The van der Waals surface area contributed by atoms with E-state index in [0.29, 0.717) is 11.8 Å². The third-order valence-electron chi connectivity index (χ3n) is 4.36. The topological polar surface area (TPSA) is 32.3 Å². The largest absolute Gasteiger partial charge is 0.326 e. The van der Waals surface area contributed by atoms with Crippen LogP contribution in [0.25, 0.3) is 0 Å². The van der Waals surface area contributed by atoms with Crippen LogP contribution in [0, 0.1) is 5.92 Å². The Bertz CT molecular complexity index is 278. The predicted molar refractivity (Wildman–Crippen MR) is 85.5 cm³/mol. The molecule has 20 heavy (non-hydrogen) atoms. The Kier molecular flexibility index (Phi) is 8.20. The maximum Gasteiger partial charge on any atom is 0.241 e. The highest BCUT2D eigenvalue weighted by molar-refractivity contribution is 5.84. The maximum atomic E-state index is 12.3. The van der Waals surface area contributed by atoms with Gasteiger partial charge in [0.05, 0.1) is 12.2 Å². The molecule has 1 heterocycles. The molecule has 0 aromatic heterocycles.